The van der Waals surface area contributed by atoms with Gasteiger partial charge in [0.15, 0.2) is 11.5 Å². The van der Waals surface area contributed by atoms with Crippen molar-refractivity contribution in [3.05, 3.63) is 52.6 Å². The first-order valence-electron chi connectivity index (χ1n) is 11.0. The fourth-order valence-electron chi connectivity index (χ4n) is 4.02. The Hall–Kier alpha value is -2.53. The molecule has 1 aliphatic rings. The maximum Gasteiger partial charge on any atom is 0.238 e. The molecular formula is C25H34N2O3. The van der Waals surface area contributed by atoms with E-state index in [1.807, 2.05) is 32.9 Å². The first-order valence-corrected chi connectivity index (χ1v) is 11.0. The third-order valence-corrected chi connectivity index (χ3v) is 5.52. The monoisotopic (exact) mass is 410 g/mol. The molecule has 0 atom stereocenters. The van der Waals surface area contributed by atoms with E-state index in [1.165, 1.54) is 16.7 Å². The van der Waals surface area contributed by atoms with Crippen LogP contribution in [0.4, 0.5) is 5.69 Å². The van der Waals surface area contributed by atoms with Crippen molar-refractivity contribution in [1.82, 2.24) is 4.90 Å². The first-order chi connectivity index (χ1) is 14.4. The average Bonchev–Trinajstić information content (AvgIpc) is 2.70. The summed E-state index contributed by atoms with van der Waals surface area (Å²) in [7, 11) is 0. The van der Waals surface area contributed by atoms with Crippen molar-refractivity contribution in [1.29, 1.82) is 0 Å². The Bertz CT molecular complexity index is 892. The van der Waals surface area contributed by atoms with Crippen LogP contribution in [-0.4, -0.2) is 37.1 Å². The van der Waals surface area contributed by atoms with Crippen LogP contribution in [0.5, 0.6) is 11.5 Å². The lowest BCUT2D eigenvalue weighted by Crippen LogP contribution is -2.37. The van der Waals surface area contributed by atoms with Gasteiger partial charge in [-0.1, -0.05) is 32.0 Å². The zero-order valence-corrected chi connectivity index (χ0v) is 18.9. The predicted molar refractivity (Wildman–Crippen MR) is 122 cm³/mol. The highest BCUT2D eigenvalue weighted by atomic mass is 16.5. The van der Waals surface area contributed by atoms with Gasteiger partial charge < -0.3 is 14.8 Å². The second-order valence-electron chi connectivity index (χ2n) is 8.14. The molecule has 0 spiro atoms. The normalized spacial score (nSPS) is 13.8. The molecule has 2 aromatic rings. The maximum absolute atomic E-state index is 12.8. The summed E-state index contributed by atoms with van der Waals surface area (Å²) >= 11 is 0. The van der Waals surface area contributed by atoms with Crippen LogP contribution in [0.1, 0.15) is 55.9 Å². The number of ether oxygens (including phenoxy) is 2. The van der Waals surface area contributed by atoms with Gasteiger partial charge in [0.1, 0.15) is 0 Å². The summed E-state index contributed by atoms with van der Waals surface area (Å²) in [4.78, 5) is 15.0. The second-order valence-corrected chi connectivity index (χ2v) is 8.14. The number of anilines is 1. The van der Waals surface area contributed by atoms with E-state index in [9.17, 15) is 4.79 Å². The average molecular weight is 411 g/mol. The van der Waals surface area contributed by atoms with Crippen molar-refractivity contribution in [2.24, 2.45) is 0 Å². The Morgan fingerprint density at radius 2 is 1.77 bits per heavy atom. The molecule has 5 heteroatoms. The highest BCUT2D eigenvalue weighted by Crippen LogP contribution is 2.34. The Kier molecular flexibility index (Phi) is 7.38. The number of para-hydroxylation sites is 1. The van der Waals surface area contributed by atoms with Gasteiger partial charge in [0.2, 0.25) is 5.91 Å². The molecule has 0 fully saturated rings. The molecule has 162 valence electrons. The van der Waals surface area contributed by atoms with Gasteiger partial charge in [-0.2, -0.15) is 0 Å². The summed E-state index contributed by atoms with van der Waals surface area (Å²) in [6.07, 6.45) is 0.900. The summed E-state index contributed by atoms with van der Waals surface area (Å²) in [5.41, 5.74) is 5.72. The van der Waals surface area contributed by atoms with Gasteiger partial charge in [0.25, 0.3) is 0 Å². The van der Waals surface area contributed by atoms with Gasteiger partial charge in [-0.15, -0.1) is 0 Å². The van der Waals surface area contributed by atoms with Gasteiger partial charge in [0.05, 0.1) is 19.8 Å². The minimum absolute atomic E-state index is 0.0330. The van der Waals surface area contributed by atoms with E-state index in [0.29, 0.717) is 25.7 Å². The van der Waals surface area contributed by atoms with Crippen molar-refractivity contribution >= 4 is 11.6 Å². The number of hydrogen-bond donors (Lipinski definition) is 1. The van der Waals surface area contributed by atoms with E-state index in [1.54, 1.807) is 0 Å². The zero-order valence-electron chi connectivity index (χ0n) is 18.9. The van der Waals surface area contributed by atoms with E-state index in [4.69, 9.17) is 9.47 Å². The fourth-order valence-corrected chi connectivity index (χ4v) is 4.02. The number of benzene rings is 2. The van der Waals surface area contributed by atoms with E-state index >= 15 is 0 Å². The Balaban J connectivity index is 1.71. The van der Waals surface area contributed by atoms with Crippen LogP contribution in [0, 0.1) is 6.92 Å². The molecule has 2 aromatic carbocycles. The van der Waals surface area contributed by atoms with Crippen LogP contribution in [-0.2, 0) is 17.8 Å². The molecule has 0 aliphatic carbocycles. The molecule has 0 bridgehead atoms. The lowest BCUT2D eigenvalue weighted by molar-refractivity contribution is -0.117. The third kappa shape index (κ3) is 5.14. The summed E-state index contributed by atoms with van der Waals surface area (Å²) in [5.74, 6) is 1.99. The Morgan fingerprint density at radius 1 is 1.10 bits per heavy atom. The Labute approximate surface area is 180 Å². The number of rotatable bonds is 8. The SMILES string of the molecule is CCOc1cc2c(cc1OCC)CN(CC(=O)Nc1c(C)cccc1C(C)C)CC2. The lowest BCUT2D eigenvalue weighted by atomic mass is 9.98. The third-order valence-electron chi connectivity index (χ3n) is 5.52. The van der Waals surface area contributed by atoms with Crippen LogP contribution in [0.25, 0.3) is 0 Å². The zero-order chi connectivity index (χ0) is 21.7. The smallest absolute Gasteiger partial charge is 0.238 e. The largest absolute Gasteiger partial charge is 0.490 e. The van der Waals surface area contributed by atoms with E-state index in [0.717, 1.165) is 42.3 Å². The topological polar surface area (TPSA) is 50.8 Å². The van der Waals surface area contributed by atoms with Gasteiger partial charge in [-0.05, 0) is 67.5 Å². The molecule has 1 amide bonds. The molecular weight excluding hydrogens is 376 g/mol. The highest BCUT2D eigenvalue weighted by molar-refractivity contribution is 5.94. The highest BCUT2D eigenvalue weighted by Gasteiger charge is 2.22. The second kappa shape index (κ2) is 9.98. The van der Waals surface area contributed by atoms with Gasteiger partial charge in [-0.3, -0.25) is 9.69 Å². The molecule has 30 heavy (non-hydrogen) atoms. The summed E-state index contributed by atoms with van der Waals surface area (Å²) in [6, 6.07) is 10.4. The molecule has 0 unspecified atom stereocenters. The fraction of sp³-hybridized carbons (Fsp3) is 0.480. The van der Waals surface area contributed by atoms with Crippen LogP contribution in [0.3, 0.4) is 0 Å². The molecule has 0 aromatic heterocycles. The van der Waals surface area contributed by atoms with Crippen molar-refractivity contribution in [3.8, 4) is 11.5 Å². The number of carbonyl (C=O) groups excluding carboxylic acids is 1. The minimum Gasteiger partial charge on any atom is -0.490 e. The molecule has 1 heterocycles. The molecule has 0 radical (unpaired) electrons. The van der Waals surface area contributed by atoms with Crippen molar-refractivity contribution in [2.75, 3.05) is 31.6 Å². The summed E-state index contributed by atoms with van der Waals surface area (Å²) in [6.45, 7) is 13.5. The van der Waals surface area contributed by atoms with Crippen LogP contribution < -0.4 is 14.8 Å². The number of nitrogens with zero attached hydrogens (tertiary/aromatic N) is 1. The number of aryl methyl sites for hydroxylation is 1. The van der Waals surface area contributed by atoms with E-state index in [-0.39, 0.29) is 5.91 Å². The van der Waals surface area contributed by atoms with Gasteiger partial charge >= 0.3 is 0 Å². The standard InChI is InChI=1S/C25H34N2O3/c1-6-29-22-13-19-11-12-27(15-20(19)14-23(22)30-7-2)16-24(28)26-25-18(5)9-8-10-21(25)17(3)4/h8-10,13-14,17H,6-7,11-12,15-16H2,1-5H3,(H,26,28). The summed E-state index contributed by atoms with van der Waals surface area (Å²) < 4.78 is 11.5. The molecule has 1 N–H and O–H groups in total. The Morgan fingerprint density at radius 3 is 2.40 bits per heavy atom. The number of nitrogens with one attached hydrogen (secondary N) is 1. The van der Waals surface area contributed by atoms with Crippen molar-refractivity contribution in [3.63, 3.8) is 0 Å². The van der Waals surface area contributed by atoms with Gasteiger partial charge in [0, 0.05) is 18.8 Å². The molecule has 0 saturated carbocycles. The van der Waals surface area contributed by atoms with Crippen molar-refractivity contribution < 1.29 is 14.3 Å². The number of fused-ring (bicyclic) bond motifs is 1. The molecule has 3 rings (SSSR count). The van der Waals surface area contributed by atoms with Crippen molar-refractivity contribution in [2.45, 2.75) is 53.5 Å². The molecule has 0 saturated heterocycles. The van der Waals surface area contributed by atoms with Crippen LogP contribution in [0.2, 0.25) is 0 Å². The number of hydrogen-bond acceptors (Lipinski definition) is 4. The predicted octanol–water partition coefficient (Wildman–Crippen LogP) is 4.91. The maximum atomic E-state index is 12.8. The number of carbonyl (C=O) groups is 1. The van der Waals surface area contributed by atoms with E-state index in [2.05, 4.69) is 42.3 Å². The molecule has 1 aliphatic heterocycles. The lowest BCUT2D eigenvalue weighted by Gasteiger charge is -2.29. The quantitative estimate of drug-likeness (QED) is 0.672. The minimum atomic E-state index is 0.0330. The van der Waals surface area contributed by atoms with E-state index < -0.39 is 0 Å². The number of amides is 1. The van der Waals surface area contributed by atoms with Gasteiger partial charge in [-0.25, -0.2) is 0 Å². The van der Waals surface area contributed by atoms with Crippen LogP contribution >= 0.6 is 0 Å². The first kappa shape index (κ1) is 22.2. The van der Waals surface area contributed by atoms with Crippen LogP contribution in [0.15, 0.2) is 30.3 Å². The summed E-state index contributed by atoms with van der Waals surface area (Å²) in [5, 5.41) is 3.16. The molecule has 5 nitrogen and oxygen atoms in total.